The third-order valence-corrected chi connectivity index (χ3v) is 3.94. The fraction of sp³-hybridized carbons (Fsp3) is 0.214. The molecule has 0 aliphatic rings. The fourth-order valence-electron chi connectivity index (χ4n) is 1.46. The van der Waals surface area contributed by atoms with Gasteiger partial charge < -0.3 is 0 Å². The van der Waals surface area contributed by atoms with Crippen LogP contribution in [-0.4, -0.2) is 14.3 Å². The molecule has 0 bridgehead atoms. The number of carbonyl (C=O) groups excluding carboxylic acids is 1. The van der Waals surface area contributed by atoms with Crippen molar-refractivity contribution in [2.45, 2.75) is 25.2 Å². The summed E-state index contributed by atoms with van der Waals surface area (Å²) in [7, 11) is -3.86. The Bertz CT molecular complexity index is 630. The molecule has 0 fully saturated rings. The fourth-order valence-corrected chi connectivity index (χ4v) is 2.54. The zero-order valence-corrected chi connectivity index (χ0v) is 11.9. The summed E-state index contributed by atoms with van der Waals surface area (Å²) in [4.78, 5) is 11.5. The summed E-state index contributed by atoms with van der Waals surface area (Å²) < 4.78 is 26.0. The lowest BCUT2D eigenvalue weighted by atomic mass is 10.1. The van der Waals surface area contributed by atoms with Crippen molar-refractivity contribution < 1.29 is 13.2 Å². The second kappa shape index (κ2) is 5.84. The van der Waals surface area contributed by atoms with Crippen molar-refractivity contribution in [1.82, 2.24) is 4.72 Å². The standard InChI is InChI=1S/C14H17NO3S/c1-5-6-12-9-13(8-7-11(12)4)19(17,18)15-14(16)10(2)3/h5,7-9H,1-2,6H2,3-4H3,(H,15,16). The monoisotopic (exact) mass is 279 g/mol. The van der Waals surface area contributed by atoms with E-state index < -0.39 is 15.9 Å². The molecule has 0 spiro atoms. The number of amides is 1. The van der Waals surface area contributed by atoms with Crippen molar-refractivity contribution in [2.24, 2.45) is 0 Å². The molecule has 1 N–H and O–H groups in total. The van der Waals surface area contributed by atoms with Gasteiger partial charge in [-0.1, -0.05) is 18.7 Å². The molecule has 0 atom stereocenters. The van der Waals surface area contributed by atoms with Crippen LogP contribution < -0.4 is 4.72 Å². The Balaban J connectivity index is 3.15. The highest BCUT2D eigenvalue weighted by Crippen LogP contribution is 2.16. The van der Waals surface area contributed by atoms with E-state index in [9.17, 15) is 13.2 Å². The molecule has 0 saturated carbocycles. The van der Waals surface area contributed by atoms with Crippen LogP contribution in [-0.2, 0) is 21.2 Å². The Morgan fingerprint density at radius 3 is 2.58 bits per heavy atom. The quantitative estimate of drug-likeness (QED) is 0.663. The van der Waals surface area contributed by atoms with E-state index in [0.29, 0.717) is 6.42 Å². The van der Waals surface area contributed by atoms with Crippen LogP contribution in [0, 0.1) is 6.92 Å². The molecule has 0 aromatic heterocycles. The molecule has 5 heteroatoms. The number of sulfonamides is 1. The number of rotatable bonds is 5. The number of aryl methyl sites for hydroxylation is 1. The van der Waals surface area contributed by atoms with Crippen molar-refractivity contribution in [3.63, 3.8) is 0 Å². The van der Waals surface area contributed by atoms with Gasteiger partial charge in [-0.15, -0.1) is 6.58 Å². The van der Waals surface area contributed by atoms with Gasteiger partial charge in [0.2, 0.25) is 0 Å². The Morgan fingerprint density at radius 1 is 1.42 bits per heavy atom. The summed E-state index contributed by atoms with van der Waals surface area (Å²) in [6.45, 7) is 10.4. The second-order valence-electron chi connectivity index (χ2n) is 4.30. The minimum absolute atomic E-state index is 0.0598. The molecule has 19 heavy (non-hydrogen) atoms. The van der Waals surface area contributed by atoms with Crippen LogP contribution in [0.1, 0.15) is 18.1 Å². The molecule has 0 aliphatic carbocycles. The van der Waals surface area contributed by atoms with Crippen LogP contribution in [0.4, 0.5) is 0 Å². The largest absolute Gasteiger partial charge is 0.269 e. The molecule has 0 radical (unpaired) electrons. The van der Waals surface area contributed by atoms with E-state index >= 15 is 0 Å². The molecule has 0 saturated heterocycles. The average molecular weight is 279 g/mol. The van der Waals surface area contributed by atoms with Gasteiger partial charge in [0.15, 0.2) is 0 Å². The molecular weight excluding hydrogens is 262 g/mol. The van der Waals surface area contributed by atoms with Crippen LogP contribution in [0.2, 0.25) is 0 Å². The van der Waals surface area contributed by atoms with Gasteiger partial charge in [-0.25, -0.2) is 13.1 Å². The molecule has 0 aliphatic heterocycles. The summed E-state index contributed by atoms with van der Waals surface area (Å²) in [5.41, 5.74) is 1.98. The average Bonchev–Trinajstić information content (AvgIpc) is 2.31. The first-order chi connectivity index (χ1) is 8.77. The number of hydrogen-bond acceptors (Lipinski definition) is 3. The van der Waals surface area contributed by atoms with E-state index in [1.807, 2.05) is 11.6 Å². The molecule has 0 heterocycles. The summed E-state index contributed by atoms with van der Waals surface area (Å²) in [6.07, 6.45) is 2.27. The Kier molecular flexibility index (Phi) is 4.67. The third-order valence-electron chi connectivity index (χ3n) is 2.61. The van der Waals surface area contributed by atoms with Gasteiger partial charge in [-0.3, -0.25) is 4.79 Å². The predicted octanol–water partition coefficient (Wildman–Crippen LogP) is 2.10. The highest BCUT2D eigenvalue weighted by Gasteiger charge is 2.18. The molecule has 1 amide bonds. The maximum Gasteiger partial charge on any atom is 0.264 e. The molecule has 102 valence electrons. The minimum atomic E-state index is -3.86. The zero-order valence-electron chi connectivity index (χ0n) is 11.1. The molecule has 1 aromatic carbocycles. The molecule has 1 aromatic rings. The van der Waals surface area contributed by atoms with Gasteiger partial charge in [0.1, 0.15) is 0 Å². The summed E-state index contributed by atoms with van der Waals surface area (Å²) >= 11 is 0. The number of benzene rings is 1. The van der Waals surface area contributed by atoms with E-state index in [0.717, 1.165) is 11.1 Å². The van der Waals surface area contributed by atoms with Crippen LogP contribution in [0.25, 0.3) is 0 Å². The Hall–Kier alpha value is -1.88. The minimum Gasteiger partial charge on any atom is -0.269 e. The van der Waals surface area contributed by atoms with E-state index in [2.05, 4.69) is 13.2 Å². The van der Waals surface area contributed by atoms with Gasteiger partial charge in [-0.05, 0) is 43.5 Å². The van der Waals surface area contributed by atoms with Crippen molar-refractivity contribution in [3.05, 3.63) is 54.1 Å². The summed E-state index contributed by atoms with van der Waals surface area (Å²) in [5, 5.41) is 0. The van der Waals surface area contributed by atoms with Crippen molar-refractivity contribution in [2.75, 3.05) is 0 Å². The van der Waals surface area contributed by atoms with Crippen molar-refractivity contribution in [3.8, 4) is 0 Å². The first-order valence-electron chi connectivity index (χ1n) is 5.71. The maximum absolute atomic E-state index is 12.0. The SMILES string of the molecule is C=CCc1cc(S(=O)(=O)NC(=O)C(=C)C)ccc1C. The second-order valence-corrected chi connectivity index (χ2v) is 5.98. The summed E-state index contributed by atoms with van der Waals surface area (Å²) in [5.74, 6) is -0.703. The van der Waals surface area contributed by atoms with Gasteiger partial charge in [0.05, 0.1) is 4.90 Å². The maximum atomic E-state index is 12.0. The lowest BCUT2D eigenvalue weighted by Crippen LogP contribution is -2.30. The number of nitrogens with one attached hydrogen (secondary N) is 1. The molecule has 4 nitrogen and oxygen atoms in total. The normalized spacial score (nSPS) is 10.8. The van der Waals surface area contributed by atoms with Crippen LogP contribution >= 0.6 is 0 Å². The smallest absolute Gasteiger partial charge is 0.264 e. The van der Waals surface area contributed by atoms with Crippen LogP contribution in [0.3, 0.4) is 0 Å². The lowest BCUT2D eigenvalue weighted by Gasteiger charge is -2.09. The Labute approximate surface area is 113 Å². The van der Waals surface area contributed by atoms with Crippen LogP contribution in [0.5, 0.6) is 0 Å². The number of carbonyl (C=O) groups is 1. The van der Waals surface area contributed by atoms with Crippen molar-refractivity contribution >= 4 is 15.9 Å². The van der Waals surface area contributed by atoms with Crippen molar-refractivity contribution in [1.29, 1.82) is 0 Å². The number of allylic oxidation sites excluding steroid dienone is 1. The van der Waals surface area contributed by atoms with Gasteiger partial charge >= 0.3 is 0 Å². The van der Waals surface area contributed by atoms with Gasteiger partial charge in [0.25, 0.3) is 15.9 Å². The van der Waals surface area contributed by atoms with Crippen LogP contribution in [0.15, 0.2) is 47.9 Å². The number of hydrogen-bond donors (Lipinski definition) is 1. The van der Waals surface area contributed by atoms with E-state index in [4.69, 9.17) is 0 Å². The van der Waals surface area contributed by atoms with E-state index in [1.54, 1.807) is 18.2 Å². The first-order valence-corrected chi connectivity index (χ1v) is 7.19. The predicted molar refractivity (Wildman–Crippen MR) is 75.2 cm³/mol. The highest BCUT2D eigenvalue weighted by molar-refractivity contribution is 7.90. The first kappa shape index (κ1) is 15.2. The third kappa shape index (κ3) is 3.79. The lowest BCUT2D eigenvalue weighted by molar-refractivity contribution is -0.115. The van der Waals surface area contributed by atoms with Gasteiger partial charge in [-0.2, -0.15) is 0 Å². The zero-order chi connectivity index (χ0) is 14.6. The topological polar surface area (TPSA) is 63.2 Å². The van der Waals surface area contributed by atoms with E-state index in [-0.39, 0.29) is 10.5 Å². The summed E-state index contributed by atoms with van der Waals surface area (Å²) in [6, 6.07) is 4.72. The van der Waals surface area contributed by atoms with Gasteiger partial charge in [0, 0.05) is 5.57 Å². The highest BCUT2D eigenvalue weighted by atomic mass is 32.2. The molecular formula is C14H17NO3S. The molecule has 0 unspecified atom stereocenters. The Morgan fingerprint density at radius 2 is 2.05 bits per heavy atom. The molecule has 1 rings (SSSR count). The van der Waals surface area contributed by atoms with E-state index in [1.165, 1.54) is 13.0 Å².